The van der Waals surface area contributed by atoms with Crippen molar-refractivity contribution in [1.82, 2.24) is 5.32 Å². The lowest BCUT2D eigenvalue weighted by Crippen LogP contribution is -2.38. The van der Waals surface area contributed by atoms with E-state index in [-0.39, 0.29) is 17.8 Å². The Morgan fingerprint density at radius 2 is 2.50 bits per heavy atom. The fourth-order valence-corrected chi connectivity index (χ4v) is 2.27. The van der Waals surface area contributed by atoms with Crippen LogP contribution in [0.25, 0.3) is 0 Å². The molecule has 4 heteroatoms. The van der Waals surface area contributed by atoms with Crippen molar-refractivity contribution in [2.45, 2.75) is 26.2 Å². The number of hydrogen-bond donors (Lipinski definition) is 1. The summed E-state index contributed by atoms with van der Waals surface area (Å²) >= 11 is 0. The van der Waals surface area contributed by atoms with Gasteiger partial charge in [-0.05, 0) is 32.1 Å². The van der Waals surface area contributed by atoms with Crippen LogP contribution in [0, 0.1) is 11.3 Å². The van der Waals surface area contributed by atoms with E-state index in [4.69, 9.17) is 4.74 Å². The van der Waals surface area contributed by atoms with Gasteiger partial charge in [0, 0.05) is 6.54 Å². The average molecular weight is 197 g/mol. The van der Waals surface area contributed by atoms with Crippen molar-refractivity contribution >= 4 is 11.9 Å². The van der Waals surface area contributed by atoms with Gasteiger partial charge in [0.25, 0.3) is 0 Å². The highest BCUT2D eigenvalue weighted by atomic mass is 16.5. The topological polar surface area (TPSA) is 55.4 Å². The maximum Gasteiger partial charge on any atom is 0.321 e. The van der Waals surface area contributed by atoms with Gasteiger partial charge in [-0.1, -0.05) is 0 Å². The molecule has 0 aromatic heterocycles. The molecular formula is C10H15NO3. The molecule has 1 saturated heterocycles. The molecule has 14 heavy (non-hydrogen) atoms. The lowest BCUT2D eigenvalue weighted by atomic mass is 10.0. The third kappa shape index (κ3) is 1.21. The zero-order chi connectivity index (χ0) is 10.2. The quantitative estimate of drug-likeness (QED) is 0.517. The number of rotatable bonds is 2. The normalized spacial score (nSPS) is 35.2. The highest BCUT2D eigenvalue weighted by Crippen LogP contribution is 2.56. The minimum absolute atomic E-state index is 0.126. The summed E-state index contributed by atoms with van der Waals surface area (Å²) in [6.07, 6.45) is 2.60. The van der Waals surface area contributed by atoms with Gasteiger partial charge >= 0.3 is 5.97 Å². The zero-order valence-corrected chi connectivity index (χ0v) is 8.34. The number of ether oxygens (including phenoxy) is 1. The second kappa shape index (κ2) is 3.26. The Morgan fingerprint density at radius 3 is 3.21 bits per heavy atom. The highest BCUT2D eigenvalue weighted by Gasteiger charge is 2.66. The Balaban J connectivity index is 2.14. The summed E-state index contributed by atoms with van der Waals surface area (Å²) in [6.45, 7) is 2.80. The number of carbonyl (C=O) groups is 2. The lowest BCUT2D eigenvalue weighted by molar-refractivity contribution is -0.154. The number of nitrogens with one attached hydrogen (secondary N) is 1. The van der Waals surface area contributed by atoms with Crippen LogP contribution in [-0.4, -0.2) is 25.0 Å². The minimum Gasteiger partial charge on any atom is -0.465 e. The Morgan fingerprint density at radius 1 is 1.71 bits per heavy atom. The van der Waals surface area contributed by atoms with Crippen LogP contribution >= 0.6 is 0 Å². The Hall–Kier alpha value is -1.06. The molecule has 1 aliphatic carbocycles. The van der Waals surface area contributed by atoms with Crippen LogP contribution < -0.4 is 5.32 Å². The van der Waals surface area contributed by atoms with E-state index in [1.165, 1.54) is 0 Å². The third-order valence-electron chi connectivity index (χ3n) is 3.16. The zero-order valence-electron chi connectivity index (χ0n) is 8.34. The smallest absolute Gasteiger partial charge is 0.321 e. The van der Waals surface area contributed by atoms with Crippen LogP contribution in [0.5, 0.6) is 0 Å². The number of amides is 1. The molecule has 0 bridgehead atoms. The maximum atomic E-state index is 11.7. The maximum absolute atomic E-state index is 11.7. The van der Waals surface area contributed by atoms with Gasteiger partial charge in [-0.2, -0.15) is 0 Å². The van der Waals surface area contributed by atoms with Crippen molar-refractivity contribution in [3.05, 3.63) is 0 Å². The van der Waals surface area contributed by atoms with Crippen LogP contribution in [0.2, 0.25) is 0 Å². The Labute approximate surface area is 83.0 Å². The first-order valence-electron chi connectivity index (χ1n) is 5.17. The van der Waals surface area contributed by atoms with E-state index >= 15 is 0 Å². The molecule has 2 unspecified atom stereocenters. The molecule has 2 aliphatic rings. The van der Waals surface area contributed by atoms with Crippen molar-refractivity contribution in [2.24, 2.45) is 11.3 Å². The third-order valence-corrected chi connectivity index (χ3v) is 3.16. The predicted octanol–water partition coefficient (Wildman–Crippen LogP) is 0.466. The molecule has 78 valence electrons. The van der Waals surface area contributed by atoms with Crippen molar-refractivity contribution in [2.75, 3.05) is 13.2 Å². The van der Waals surface area contributed by atoms with Gasteiger partial charge in [-0.3, -0.25) is 9.59 Å². The van der Waals surface area contributed by atoms with Gasteiger partial charge < -0.3 is 10.1 Å². The molecule has 0 aromatic rings. The second-order valence-corrected chi connectivity index (χ2v) is 3.99. The SMILES string of the molecule is CCOC(=O)C12CC1CCCNC2=O. The summed E-state index contributed by atoms with van der Waals surface area (Å²) in [5, 5.41) is 2.78. The van der Waals surface area contributed by atoms with Crippen LogP contribution in [-0.2, 0) is 14.3 Å². The van der Waals surface area contributed by atoms with Crippen LogP contribution in [0.1, 0.15) is 26.2 Å². The summed E-state index contributed by atoms with van der Waals surface area (Å²) < 4.78 is 4.95. The van der Waals surface area contributed by atoms with Gasteiger partial charge in [0.05, 0.1) is 6.61 Å². The first-order valence-corrected chi connectivity index (χ1v) is 5.17. The fraction of sp³-hybridized carbons (Fsp3) is 0.800. The molecule has 1 aliphatic heterocycles. The van der Waals surface area contributed by atoms with Crippen molar-refractivity contribution in [3.8, 4) is 0 Å². The molecule has 1 saturated carbocycles. The fourth-order valence-electron chi connectivity index (χ4n) is 2.27. The van der Waals surface area contributed by atoms with Crippen LogP contribution in [0.4, 0.5) is 0 Å². The highest BCUT2D eigenvalue weighted by molar-refractivity contribution is 6.06. The van der Waals surface area contributed by atoms with E-state index in [0.29, 0.717) is 19.6 Å². The lowest BCUT2D eigenvalue weighted by Gasteiger charge is -2.12. The van der Waals surface area contributed by atoms with Crippen molar-refractivity contribution in [1.29, 1.82) is 0 Å². The summed E-state index contributed by atoms with van der Waals surface area (Å²) in [5.74, 6) is -0.230. The molecule has 0 aromatic carbocycles. The van der Waals surface area contributed by atoms with Gasteiger partial charge in [-0.25, -0.2) is 0 Å². The van der Waals surface area contributed by atoms with E-state index < -0.39 is 5.41 Å². The van der Waals surface area contributed by atoms with Gasteiger partial charge in [0.15, 0.2) is 0 Å². The molecule has 4 nitrogen and oxygen atoms in total. The second-order valence-electron chi connectivity index (χ2n) is 3.99. The van der Waals surface area contributed by atoms with Gasteiger partial charge in [-0.15, -0.1) is 0 Å². The van der Waals surface area contributed by atoms with Crippen molar-refractivity contribution < 1.29 is 14.3 Å². The Kier molecular flexibility index (Phi) is 2.21. The molecule has 1 heterocycles. The monoisotopic (exact) mass is 197 g/mol. The minimum atomic E-state index is -0.813. The predicted molar refractivity (Wildman–Crippen MR) is 49.4 cm³/mol. The standard InChI is InChI=1S/C10H15NO3/c1-2-14-9(13)10-6-7(10)4-3-5-11-8(10)12/h7H,2-6H2,1H3,(H,11,12). The van der Waals surface area contributed by atoms with E-state index in [2.05, 4.69) is 5.32 Å². The van der Waals surface area contributed by atoms with Gasteiger partial charge in [0.2, 0.25) is 5.91 Å². The average Bonchev–Trinajstić information content (AvgIpc) is 2.87. The van der Waals surface area contributed by atoms with E-state index in [0.717, 1.165) is 12.8 Å². The van der Waals surface area contributed by atoms with Gasteiger partial charge in [0.1, 0.15) is 5.41 Å². The Bertz CT molecular complexity index is 277. The first kappa shape index (κ1) is 9.49. The van der Waals surface area contributed by atoms with Crippen molar-refractivity contribution in [3.63, 3.8) is 0 Å². The van der Waals surface area contributed by atoms with E-state index in [9.17, 15) is 9.59 Å². The molecular weight excluding hydrogens is 182 g/mol. The number of carbonyl (C=O) groups excluding carboxylic acids is 2. The van der Waals surface area contributed by atoms with E-state index in [1.807, 2.05) is 0 Å². The summed E-state index contributed by atoms with van der Waals surface area (Å²) in [6, 6.07) is 0. The van der Waals surface area contributed by atoms with Crippen LogP contribution in [0.15, 0.2) is 0 Å². The number of fused-ring (bicyclic) bond motifs is 1. The van der Waals surface area contributed by atoms with E-state index in [1.54, 1.807) is 6.92 Å². The number of hydrogen-bond acceptors (Lipinski definition) is 3. The molecule has 2 fully saturated rings. The summed E-state index contributed by atoms with van der Waals surface area (Å²) in [7, 11) is 0. The molecule has 0 spiro atoms. The molecule has 0 radical (unpaired) electrons. The summed E-state index contributed by atoms with van der Waals surface area (Å²) in [5.41, 5.74) is -0.813. The molecule has 1 amide bonds. The molecule has 1 N–H and O–H groups in total. The number of esters is 1. The molecule has 2 atom stereocenters. The first-order chi connectivity index (χ1) is 6.71. The van der Waals surface area contributed by atoms with Crippen LogP contribution in [0.3, 0.4) is 0 Å². The largest absolute Gasteiger partial charge is 0.465 e. The molecule has 2 rings (SSSR count). The summed E-state index contributed by atoms with van der Waals surface area (Å²) in [4.78, 5) is 23.3.